The van der Waals surface area contributed by atoms with Gasteiger partial charge in [0.15, 0.2) is 17.3 Å². The van der Waals surface area contributed by atoms with Crippen molar-refractivity contribution < 1.29 is 76.4 Å². The molecule has 308 valence electrons. The van der Waals surface area contributed by atoms with E-state index >= 15 is 0 Å². The van der Waals surface area contributed by atoms with Gasteiger partial charge < -0.3 is 23.7 Å². The molecule has 0 atom stereocenters. The monoisotopic (exact) mass is 820 g/mol. The molecule has 0 aliphatic rings. The topological polar surface area (TPSA) is 234 Å². The largest absolute Gasteiger partial charge is 0.461 e. The van der Waals surface area contributed by atoms with Gasteiger partial charge in [-0.2, -0.15) is 0 Å². The summed E-state index contributed by atoms with van der Waals surface area (Å²) in [5.41, 5.74) is -4.35. The summed E-state index contributed by atoms with van der Waals surface area (Å²) in [6.45, 7) is 0.422. The Morgan fingerprint density at radius 1 is 0.367 bits per heavy atom. The molecule has 0 bridgehead atoms. The Morgan fingerprint density at radius 3 is 0.900 bits per heavy atom. The number of hydrogen-bond acceptors (Lipinski definition) is 16. The van der Waals surface area contributed by atoms with E-state index in [0.717, 1.165) is 27.7 Å². The van der Waals surface area contributed by atoms with Crippen LogP contribution in [0.3, 0.4) is 0 Å². The second-order valence-electron chi connectivity index (χ2n) is 13.2. The quantitative estimate of drug-likeness (QED) is 0.0412. The van der Waals surface area contributed by atoms with Crippen LogP contribution in [0.5, 0.6) is 5.75 Å². The molecule has 60 heavy (non-hydrogen) atoms. The molecule has 16 heteroatoms. The maximum atomic E-state index is 13.6. The highest BCUT2D eigenvalue weighted by molar-refractivity contribution is 6.45. The van der Waals surface area contributed by atoms with E-state index in [4.69, 9.17) is 23.7 Å². The van der Waals surface area contributed by atoms with Crippen LogP contribution in [0.1, 0.15) is 100 Å². The molecule has 0 aliphatic carbocycles. The Hall–Kier alpha value is -7.75. The molecule has 4 aromatic carbocycles. The summed E-state index contributed by atoms with van der Waals surface area (Å²) in [6.07, 6.45) is 0. The molecule has 0 saturated carbocycles. The van der Waals surface area contributed by atoms with E-state index in [0.29, 0.717) is 0 Å². The minimum atomic E-state index is -2.08. The average molecular weight is 821 g/mol. The molecule has 0 N–H and O–H groups in total. The first-order valence-corrected chi connectivity index (χ1v) is 17.8. The number of carbonyl (C=O) groups excluding carboxylic acids is 11. The third-order valence-corrected chi connectivity index (χ3v) is 8.53. The van der Waals surface area contributed by atoms with Crippen molar-refractivity contribution in [1.82, 2.24) is 0 Å². The van der Waals surface area contributed by atoms with Crippen LogP contribution < -0.4 is 4.74 Å². The Labute approximate surface area is 341 Å². The number of ketones is 6. The van der Waals surface area contributed by atoms with E-state index in [9.17, 15) is 52.7 Å². The highest BCUT2D eigenvalue weighted by Gasteiger charge is 2.40. The van der Waals surface area contributed by atoms with Crippen LogP contribution in [0, 0.1) is 5.41 Å². The average Bonchev–Trinajstić information content (AvgIpc) is 3.24. The van der Waals surface area contributed by atoms with Crippen molar-refractivity contribution in [3.8, 4) is 5.75 Å². The smallest absolute Gasteiger partial charge is 0.341 e. The van der Waals surface area contributed by atoms with Crippen molar-refractivity contribution in [2.75, 3.05) is 26.4 Å². The standard InChI is InChI=1S/C44H36O16/c1-25(45)37(49)29-13-5-8-16-32(29)40(52)56-21-44(24-59-43(55)35-19-11-12-20-36(35)60-28(4)48,22-57-41(53)33-17-9-6-14-30(33)38(50)26(2)46)23-58-42(54)34-18-10-7-15-31(34)39(51)27(3)47/h5-20H,21-24H2,1-4H3. The fourth-order valence-corrected chi connectivity index (χ4v) is 5.46. The zero-order valence-electron chi connectivity index (χ0n) is 32.6. The minimum absolute atomic E-state index is 0.199. The van der Waals surface area contributed by atoms with Crippen molar-refractivity contribution in [3.05, 3.63) is 136 Å². The Kier molecular flexibility index (Phi) is 15.1. The molecule has 4 aromatic rings. The maximum Gasteiger partial charge on any atom is 0.341 e. The van der Waals surface area contributed by atoms with E-state index in [2.05, 4.69) is 0 Å². The molecule has 0 unspecified atom stereocenters. The first-order valence-electron chi connectivity index (χ1n) is 17.8. The molecule has 0 aliphatic heterocycles. The highest BCUT2D eigenvalue weighted by Crippen LogP contribution is 2.27. The Balaban J connectivity index is 1.80. The zero-order valence-corrected chi connectivity index (χ0v) is 32.6. The van der Waals surface area contributed by atoms with Gasteiger partial charge in [-0.15, -0.1) is 0 Å². The number of ether oxygens (including phenoxy) is 5. The van der Waals surface area contributed by atoms with Crippen molar-refractivity contribution >= 4 is 64.5 Å². The predicted molar refractivity (Wildman–Crippen MR) is 206 cm³/mol. The van der Waals surface area contributed by atoms with Crippen LogP contribution in [-0.4, -0.2) is 91.0 Å². The van der Waals surface area contributed by atoms with Gasteiger partial charge in [-0.25, -0.2) is 19.2 Å². The van der Waals surface area contributed by atoms with Gasteiger partial charge in [0.25, 0.3) is 0 Å². The highest BCUT2D eigenvalue weighted by atomic mass is 16.6. The van der Waals surface area contributed by atoms with Gasteiger partial charge >= 0.3 is 29.8 Å². The Morgan fingerprint density at radius 2 is 0.617 bits per heavy atom. The fourth-order valence-electron chi connectivity index (χ4n) is 5.46. The number of rotatable bonds is 19. The number of benzene rings is 4. The molecule has 0 heterocycles. The minimum Gasteiger partial charge on any atom is -0.461 e. The summed E-state index contributed by atoms with van der Waals surface area (Å²) >= 11 is 0. The summed E-state index contributed by atoms with van der Waals surface area (Å²) in [5.74, 6) is -11.4. The lowest BCUT2D eigenvalue weighted by atomic mass is 9.91. The van der Waals surface area contributed by atoms with E-state index in [-0.39, 0.29) is 44.7 Å². The summed E-state index contributed by atoms with van der Waals surface area (Å²) in [4.78, 5) is 140. The van der Waals surface area contributed by atoms with Gasteiger partial charge in [0.2, 0.25) is 17.3 Å². The third kappa shape index (κ3) is 11.2. The van der Waals surface area contributed by atoms with Gasteiger partial charge in [0.05, 0.1) is 16.7 Å². The molecular formula is C44H36O16. The SMILES string of the molecule is CC(=O)Oc1ccccc1C(=O)OCC(COC(=O)c1ccccc1C(=O)C(C)=O)(COC(=O)c1ccccc1C(=O)C(C)=O)COC(=O)c1ccccc1C(=O)C(C)=O. The number of carbonyl (C=O) groups is 11. The van der Waals surface area contributed by atoms with Crippen molar-refractivity contribution in [2.24, 2.45) is 5.41 Å². The predicted octanol–water partition coefficient (Wildman–Crippen LogP) is 4.64. The Bertz CT molecular complexity index is 2220. The molecule has 0 radical (unpaired) electrons. The van der Waals surface area contributed by atoms with Crippen LogP contribution in [0.4, 0.5) is 0 Å². The van der Waals surface area contributed by atoms with Gasteiger partial charge in [-0.3, -0.25) is 33.6 Å². The van der Waals surface area contributed by atoms with Gasteiger partial charge in [-0.05, 0) is 30.3 Å². The van der Waals surface area contributed by atoms with E-state index in [1.807, 2.05) is 0 Å². The van der Waals surface area contributed by atoms with Gasteiger partial charge in [0.1, 0.15) is 43.2 Å². The van der Waals surface area contributed by atoms with Gasteiger partial charge in [-0.1, -0.05) is 66.7 Å². The molecular weight excluding hydrogens is 784 g/mol. The molecule has 0 aromatic heterocycles. The van der Waals surface area contributed by atoms with Crippen molar-refractivity contribution in [2.45, 2.75) is 27.7 Å². The number of esters is 5. The molecule has 0 saturated heterocycles. The number of Topliss-reactive ketones (excluding diaryl/α,β-unsaturated/α-hetero) is 6. The second-order valence-corrected chi connectivity index (χ2v) is 13.2. The zero-order chi connectivity index (χ0) is 44.1. The van der Waals surface area contributed by atoms with E-state index < -0.39 is 96.4 Å². The van der Waals surface area contributed by atoms with Crippen LogP contribution in [-0.2, 0) is 38.1 Å². The molecule has 0 amide bonds. The van der Waals surface area contributed by atoms with Crippen molar-refractivity contribution in [1.29, 1.82) is 0 Å². The molecule has 16 nitrogen and oxygen atoms in total. The van der Waals surface area contributed by atoms with E-state index in [1.54, 1.807) is 0 Å². The number of para-hydroxylation sites is 1. The van der Waals surface area contributed by atoms with Crippen LogP contribution in [0.25, 0.3) is 0 Å². The molecule has 4 rings (SSSR count). The summed E-state index contributed by atoms with van der Waals surface area (Å²) in [5, 5.41) is 0. The molecule has 0 fully saturated rings. The van der Waals surface area contributed by atoms with Crippen LogP contribution in [0.2, 0.25) is 0 Å². The third-order valence-electron chi connectivity index (χ3n) is 8.53. The summed E-state index contributed by atoms with van der Waals surface area (Å²) in [6, 6.07) is 21.0. The summed E-state index contributed by atoms with van der Waals surface area (Å²) < 4.78 is 27.5. The first kappa shape index (κ1) is 45.0. The maximum absolute atomic E-state index is 13.6. The summed E-state index contributed by atoms with van der Waals surface area (Å²) in [7, 11) is 0. The normalized spacial score (nSPS) is 10.7. The number of hydrogen-bond donors (Lipinski definition) is 0. The van der Waals surface area contributed by atoms with Crippen LogP contribution >= 0.6 is 0 Å². The lowest BCUT2D eigenvalue weighted by Gasteiger charge is -2.32. The van der Waals surface area contributed by atoms with E-state index in [1.165, 1.54) is 97.1 Å². The first-order chi connectivity index (χ1) is 28.5. The fraction of sp³-hybridized carbons (Fsp3) is 0.205. The van der Waals surface area contributed by atoms with Crippen molar-refractivity contribution in [3.63, 3.8) is 0 Å². The lowest BCUT2D eigenvalue weighted by Crippen LogP contribution is -2.44. The molecule has 0 spiro atoms. The lowest BCUT2D eigenvalue weighted by molar-refractivity contribution is -0.132. The van der Waals surface area contributed by atoms with Gasteiger partial charge in [0, 0.05) is 44.4 Å². The second kappa shape index (κ2) is 20.1. The van der Waals surface area contributed by atoms with Crippen LogP contribution in [0.15, 0.2) is 97.1 Å².